The maximum Gasteiger partial charge on any atom is 0.391 e. The molecule has 0 spiro atoms. The lowest BCUT2D eigenvalue weighted by Gasteiger charge is -2.34. The fraction of sp³-hybridized carbons (Fsp3) is 0.500. The molecule has 1 fully saturated rings. The number of hydrogen-bond acceptors (Lipinski definition) is 3. The lowest BCUT2D eigenvalue weighted by molar-refractivity contribution is -0.179. The van der Waals surface area contributed by atoms with Crippen LogP contribution in [0.15, 0.2) is 18.2 Å². The Morgan fingerprint density at radius 2 is 1.95 bits per heavy atom. The van der Waals surface area contributed by atoms with E-state index in [1.807, 2.05) is 0 Å². The summed E-state index contributed by atoms with van der Waals surface area (Å²) in [5, 5.41) is 9.12. The Labute approximate surface area is 120 Å². The van der Waals surface area contributed by atoms with Crippen LogP contribution in [0.4, 0.5) is 18.9 Å². The van der Waals surface area contributed by atoms with Crippen LogP contribution >= 0.6 is 0 Å². The van der Waals surface area contributed by atoms with Crippen molar-refractivity contribution in [2.24, 2.45) is 5.92 Å². The minimum absolute atomic E-state index is 0.00736. The normalized spacial score (nSPS) is 16.9. The van der Waals surface area contributed by atoms with Crippen molar-refractivity contribution in [1.29, 1.82) is 0 Å². The SMILES string of the molecule is COc1ccc(N2CCC(C(F)(F)F)CC2)cc1C(=O)O. The van der Waals surface area contributed by atoms with Crippen molar-refractivity contribution < 1.29 is 27.8 Å². The molecule has 1 aromatic carbocycles. The molecule has 4 nitrogen and oxygen atoms in total. The predicted octanol–water partition coefficient (Wildman–Crippen LogP) is 3.17. The van der Waals surface area contributed by atoms with Crippen molar-refractivity contribution in [3.8, 4) is 5.75 Å². The fourth-order valence-corrected chi connectivity index (χ4v) is 2.52. The molecule has 0 aliphatic carbocycles. The van der Waals surface area contributed by atoms with Gasteiger partial charge in [-0.25, -0.2) is 4.79 Å². The molecule has 0 bridgehead atoms. The van der Waals surface area contributed by atoms with Crippen LogP contribution in [0.25, 0.3) is 0 Å². The first-order valence-corrected chi connectivity index (χ1v) is 6.56. The van der Waals surface area contributed by atoms with Gasteiger partial charge in [0.1, 0.15) is 11.3 Å². The zero-order valence-electron chi connectivity index (χ0n) is 11.5. The number of methoxy groups -OCH3 is 1. The highest BCUT2D eigenvalue weighted by Crippen LogP contribution is 2.36. The summed E-state index contributed by atoms with van der Waals surface area (Å²) in [5.74, 6) is -2.17. The van der Waals surface area contributed by atoms with E-state index >= 15 is 0 Å². The minimum atomic E-state index is -4.15. The Kier molecular flexibility index (Phi) is 4.29. The Bertz CT molecular complexity index is 523. The van der Waals surface area contributed by atoms with E-state index in [1.165, 1.54) is 19.2 Å². The van der Waals surface area contributed by atoms with Gasteiger partial charge in [0.25, 0.3) is 0 Å². The molecule has 2 rings (SSSR count). The minimum Gasteiger partial charge on any atom is -0.496 e. The largest absolute Gasteiger partial charge is 0.496 e. The highest BCUT2D eigenvalue weighted by Gasteiger charge is 2.41. The van der Waals surface area contributed by atoms with Crippen LogP contribution in [-0.4, -0.2) is 37.5 Å². The number of rotatable bonds is 3. The number of benzene rings is 1. The molecule has 7 heteroatoms. The molecule has 1 aromatic rings. The molecule has 0 aromatic heterocycles. The topological polar surface area (TPSA) is 49.8 Å². The molecule has 0 atom stereocenters. The van der Waals surface area contributed by atoms with Crippen LogP contribution in [0.3, 0.4) is 0 Å². The molecule has 1 N–H and O–H groups in total. The Hall–Kier alpha value is -1.92. The first kappa shape index (κ1) is 15.5. The highest BCUT2D eigenvalue weighted by molar-refractivity contribution is 5.92. The molecule has 1 saturated heterocycles. The van der Waals surface area contributed by atoms with Crippen LogP contribution in [0.2, 0.25) is 0 Å². The summed E-state index contributed by atoms with van der Waals surface area (Å²) in [4.78, 5) is 12.9. The van der Waals surface area contributed by atoms with Crippen molar-refractivity contribution in [1.82, 2.24) is 0 Å². The standard InChI is InChI=1S/C14H16F3NO3/c1-21-12-3-2-10(8-11(12)13(19)20)18-6-4-9(5-7-18)14(15,16)17/h2-3,8-9H,4-7H2,1H3,(H,19,20). The number of piperidine rings is 1. The van der Waals surface area contributed by atoms with Gasteiger partial charge in [-0.15, -0.1) is 0 Å². The third-order valence-corrected chi connectivity index (χ3v) is 3.74. The number of carbonyl (C=O) groups is 1. The summed E-state index contributed by atoms with van der Waals surface area (Å²) in [6.45, 7) is 0.519. The average Bonchev–Trinajstić information content (AvgIpc) is 2.45. The van der Waals surface area contributed by atoms with Crippen molar-refractivity contribution in [2.75, 3.05) is 25.1 Å². The molecule has 0 unspecified atom stereocenters. The number of carboxylic acid groups (broad SMARTS) is 1. The van der Waals surface area contributed by atoms with Crippen LogP contribution in [-0.2, 0) is 0 Å². The van der Waals surface area contributed by atoms with Gasteiger partial charge in [-0.3, -0.25) is 0 Å². The second-order valence-corrected chi connectivity index (χ2v) is 4.99. The molecule has 116 valence electrons. The molecular formula is C14H16F3NO3. The molecule has 0 radical (unpaired) electrons. The summed E-state index contributed by atoms with van der Waals surface area (Å²) in [7, 11) is 1.37. The monoisotopic (exact) mass is 303 g/mol. The average molecular weight is 303 g/mol. The van der Waals surface area contributed by atoms with Gasteiger partial charge < -0.3 is 14.7 Å². The quantitative estimate of drug-likeness (QED) is 0.932. The van der Waals surface area contributed by atoms with Crippen LogP contribution in [0.5, 0.6) is 5.75 Å². The van der Waals surface area contributed by atoms with E-state index < -0.39 is 18.1 Å². The van der Waals surface area contributed by atoms with Gasteiger partial charge in [-0.2, -0.15) is 13.2 Å². The molecular weight excluding hydrogens is 287 g/mol. The van der Waals surface area contributed by atoms with E-state index in [9.17, 15) is 18.0 Å². The number of ether oxygens (including phenoxy) is 1. The van der Waals surface area contributed by atoms with Crippen molar-refractivity contribution in [3.05, 3.63) is 23.8 Å². The first-order valence-electron chi connectivity index (χ1n) is 6.56. The van der Waals surface area contributed by atoms with E-state index in [4.69, 9.17) is 9.84 Å². The number of nitrogens with zero attached hydrogens (tertiary/aromatic N) is 1. The van der Waals surface area contributed by atoms with Gasteiger partial charge in [0.15, 0.2) is 0 Å². The molecule has 21 heavy (non-hydrogen) atoms. The number of anilines is 1. The van der Waals surface area contributed by atoms with Gasteiger partial charge in [0, 0.05) is 18.8 Å². The van der Waals surface area contributed by atoms with Gasteiger partial charge >= 0.3 is 12.1 Å². The number of aromatic carboxylic acids is 1. The van der Waals surface area contributed by atoms with E-state index in [0.29, 0.717) is 5.69 Å². The zero-order valence-corrected chi connectivity index (χ0v) is 11.5. The van der Waals surface area contributed by atoms with E-state index in [1.54, 1.807) is 11.0 Å². The number of carboxylic acids is 1. The summed E-state index contributed by atoms with van der Waals surface area (Å²) >= 11 is 0. The molecule has 1 heterocycles. The molecule has 0 amide bonds. The fourth-order valence-electron chi connectivity index (χ4n) is 2.52. The molecule has 0 saturated carbocycles. The van der Waals surface area contributed by atoms with E-state index in [2.05, 4.69) is 0 Å². The Morgan fingerprint density at radius 3 is 2.43 bits per heavy atom. The zero-order chi connectivity index (χ0) is 15.6. The first-order chi connectivity index (χ1) is 9.82. The predicted molar refractivity (Wildman–Crippen MR) is 70.9 cm³/mol. The lowest BCUT2D eigenvalue weighted by atomic mass is 9.96. The number of hydrogen-bond donors (Lipinski definition) is 1. The second kappa shape index (κ2) is 5.83. The maximum atomic E-state index is 12.6. The summed E-state index contributed by atoms with van der Waals surface area (Å²) in [6, 6.07) is 4.63. The summed E-state index contributed by atoms with van der Waals surface area (Å²) in [6.07, 6.45) is -4.10. The number of alkyl halides is 3. The lowest BCUT2D eigenvalue weighted by Crippen LogP contribution is -2.39. The second-order valence-electron chi connectivity index (χ2n) is 4.99. The Morgan fingerprint density at radius 1 is 1.33 bits per heavy atom. The maximum absolute atomic E-state index is 12.6. The van der Waals surface area contributed by atoms with Gasteiger partial charge in [-0.1, -0.05) is 0 Å². The highest BCUT2D eigenvalue weighted by atomic mass is 19.4. The van der Waals surface area contributed by atoms with Crippen molar-refractivity contribution in [2.45, 2.75) is 19.0 Å². The number of halogens is 3. The van der Waals surface area contributed by atoms with Crippen LogP contribution < -0.4 is 9.64 Å². The molecule has 1 aliphatic heterocycles. The molecule has 1 aliphatic rings. The van der Waals surface area contributed by atoms with Gasteiger partial charge in [-0.05, 0) is 31.0 Å². The Balaban J connectivity index is 2.14. The summed E-state index contributed by atoms with van der Waals surface area (Å²) in [5.41, 5.74) is 0.613. The van der Waals surface area contributed by atoms with Crippen molar-refractivity contribution in [3.63, 3.8) is 0 Å². The van der Waals surface area contributed by atoms with E-state index in [0.717, 1.165) is 0 Å². The van der Waals surface area contributed by atoms with Crippen LogP contribution in [0, 0.1) is 5.92 Å². The van der Waals surface area contributed by atoms with Crippen LogP contribution in [0.1, 0.15) is 23.2 Å². The van der Waals surface area contributed by atoms with Gasteiger partial charge in [0.05, 0.1) is 13.0 Å². The third kappa shape index (κ3) is 3.40. The summed E-state index contributed by atoms with van der Waals surface area (Å²) < 4.78 is 42.8. The van der Waals surface area contributed by atoms with Crippen molar-refractivity contribution >= 4 is 11.7 Å². The third-order valence-electron chi connectivity index (χ3n) is 3.74. The van der Waals surface area contributed by atoms with E-state index in [-0.39, 0.29) is 37.2 Å². The van der Waals surface area contributed by atoms with Gasteiger partial charge in [0.2, 0.25) is 0 Å². The smallest absolute Gasteiger partial charge is 0.391 e.